The first kappa shape index (κ1) is 14.5. The van der Waals surface area contributed by atoms with Crippen LogP contribution >= 0.6 is 0 Å². The van der Waals surface area contributed by atoms with Crippen molar-refractivity contribution < 1.29 is 4.52 Å². The molecule has 0 saturated heterocycles. The zero-order valence-electron chi connectivity index (χ0n) is 11.6. The van der Waals surface area contributed by atoms with Gasteiger partial charge in [0.15, 0.2) is 0 Å². The van der Waals surface area contributed by atoms with Gasteiger partial charge in [-0.3, -0.25) is 0 Å². The number of hydrogen-bond acceptors (Lipinski definition) is 2. The van der Waals surface area contributed by atoms with Crippen LogP contribution in [0.1, 0.15) is 43.7 Å². The summed E-state index contributed by atoms with van der Waals surface area (Å²) in [5.74, 6) is 0.901. The van der Waals surface area contributed by atoms with Crippen LogP contribution in [0, 0.1) is 6.92 Å². The Kier molecular flexibility index (Phi) is 6.85. The van der Waals surface area contributed by atoms with E-state index < -0.39 is 0 Å². The number of benzene rings is 1. The minimum Gasteiger partial charge on any atom is -0.361 e. The fourth-order valence-corrected chi connectivity index (χ4v) is 1.82. The molecule has 1 aromatic carbocycles. The second-order valence-corrected chi connectivity index (χ2v) is 4.12. The lowest BCUT2D eigenvalue weighted by molar-refractivity contribution is 0.389. The highest BCUT2D eigenvalue weighted by molar-refractivity contribution is 5.14. The molecule has 18 heavy (non-hydrogen) atoms. The molecule has 0 N–H and O–H groups in total. The molecular weight excluding hydrogens is 222 g/mol. The predicted octanol–water partition coefficient (Wildman–Crippen LogP) is 4.57. The molecule has 0 spiro atoms. The maximum Gasteiger partial charge on any atom is 0.133 e. The highest BCUT2D eigenvalue weighted by Gasteiger charge is 1.99. The van der Waals surface area contributed by atoms with Crippen molar-refractivity contribution in [3.05, 3.63) is 53.4 Å². The third kappa shape index (κ3) is 5.17. The number of aryl methyl sites for hydroxylation is 3. The van der Waals surface area contributed by atoms with Crippen LogP contribution in [0.25, 0.3) is 0 Å². The van der Waals surface area contributed by atoms with Crippen molar-refractivity contribution >= 4 is 0 Å². The van der Waals surface area contributed by atoms with E-state index in [1.165, 1.54) is 18.4 Å². The Morgan fingerprint density at radius 3 is 2.28 bits per heavy atom. The number of aromatic nitrogens is 1. The lowest BCUT2D eigenvalue weighted by atomic mass is 10.1. The zero-order valence-corrected chi connectivity index (χ0v) is 11.6. The Labute approximate surface area is 110 Å². The highest BCUT2D eigenvalue weighted by Crippen LogP contribution is 2.09. The maximum atomic E-state index is 5.03. The average Bonchev–Trinajstić information content (AvgIpc) is 2.84. The summed E-state index contributed by atoms with van der Waals surface area (Å²) in [6, 6.07) is 12.6. The standard InChI is InChI=1S/C14H17NO.C2H6/c1-12-11-14(15-16-12)10-6-5-9-13-7-3-2-4-8-13;1-2/h2-4,7-8,11H,5-6,9-10H2,1H3;1-2H3. The van der Waals surface area contributed by atoms with Crippen molar-refractivity contribution in [3.63, 3.8) is 0 Å². The molecule has 2 heteroatoms. The Hall–Kier alpha value is -1.57. The third-order valence-corrected chi connectivity index (χ3v) is 2.67. The minimum absolute atomic E-state index is 0.901. The lowest BCUT2D eigenvalue weighted by Crippen LogP contribution is -1.89. The van der Waals surface area contributed by atoms with Gasteiger partial charge in [-0.1, -0.05) is 49.3 Å². The number of hydrogen-bond donors (Lipinski definition) is 0. The Morgan fingerprint density at radius 2 is 1.67 bits per heavy atom. The first-order valence-electron chi connectivity index (χ1n) is 6.81. The summed E-state index contributed by atoms with van der Waals surface area (Å²) in [5, 5.41) is 3.99. The summed E-state index contributed by atoms with van der Waals surface area (Å²) in [7, 11) is 0. The Bertz CT molecular complexity index is 420. The predicted molar refractivity (Wildman–Crippen MR) is 75.7 cm³/mol. The van der Waals surface area contributed by atoms with E-state index in [4.69, 9.17) is 4.52 Å². The van der Waals surface area contributed by atoms with E-state index in [1.807, 2.05) is 26.8 Å². The van der Waals surface area contributed by atoms with Crippen LogP contribution in [-0.4, -0.2) is 5.16 Å². The van der Waals surface area contributed by atoms with Crippen molar-refractivity contribution in [2.45, 2.75) is 46.5 Å². The largest absolute Gasteiger partial charge is 0.361 e. The molecule has 0 atom stereocenters. The average molecular weight is 245 g/mol. The normalized spacial score (nSPS) is 9.72. The van der Waals surface area contributed by atoms with Gasteiger partial charge in [-0.2, -0.15) is 0 Å². The second kappa shape index (κ2) is 8.51. The van der Waals surface area contributed by atoms with E-state index >= 15 is 0 Å². The molecule has 2 rings (SSSR count). The molecule has 0 saturated carbocycles. The number of nitrogens with zero attached hydrogens (tertiary/aromatic N) is 1. The van der Waals surface area contributed by atoms with Gasteiger partial charge in [0.25, 0.3) is 0 Å². The summed E-state index contributed by atoms with van der Waals surface area (Å²) in [5.41, 5.74) is 2.49. The van der Waals surface area contributed by atoms with Gasteiger partial charge in [-0.05, 0) is 38.2 Å². The fraction of sp³-hybridized carbons (Fsp3) is 0.438. The molecule has 98 valence electrons. The fourth-order valence-electron chi connectivity index (χ4n) is 1.82. The highest BCUT2D eigenvalue weighted by atomic mass is 16.5. The van der Waals surface area contributed by atoms with Crippen molar-refractivity contribution in [2.75, 3.05) is 0 Å². The topological polar surface area (TPSA) is 26.0 Å². The molecule has 0 radical (unpaired) electrons. The van der Waals surface area contributed by atoms with E-state index in [-0.39, 0.29) is 0 Å². The number of rotatable bonds is 5. The summed E-state index contributed by atoms with van der Waals surface area (Å²) >= 11 is 0. The first-order valence-corrected chi connectivity index (χ1v) is 6.81. The molecule has 0 bridgehead atoms. The van der Waals surface area contributed by atoms with Crippen LogP contribution in [0.2, 0.25) is 0 Å². The van der Waals surface area contributed by atoms with Gasteiger partial charge in [0.2, 0.25) is 0 Å². The smallest absolute Gasteiger partial charge is 0.133 e. The quantitative estimate of drug-likeness (QED) is 0.721. The Morgan fingerprint density at radius 1 is 1.00 bits per heavy atom. The second-order valence-electron chi connectivity index (χ2n) is 4.12. The molecule has 0 aliphatic carbocycles. The van der Waals surface area contributed by atoms with Crippen LogP contribution < -0.4 is 0 Å². The lowest BCUT2D eigenvalue weighted by Gasteiger charge is -1.99. The molecule has 2 aromatic rings. The van der Waals surface area contributed by atoms with Crippen molar-refractivity contribution in [1.29, 1.82) is 0 Å². The van der Waals surface area contributed by atoms with Crippen molar-refractivity contribution in [1.82, 2.24) is 5.16 Å². The van der Waals surface area contributed by atoms with Crippen LogP contribution in [0.5, 0.6) is 0 Å². The summed E-state index contributed by atoms with van der Waals surface area (Å²) < 4.78 is 5.03. The Balaban J connectivity index is 0.000000771. The molecule has 0 unspecified atom stereocenters. The van der Waals surface area contributed by atoms with E-state index in [2.05, 4.69) is 35.5 Å². The molecule has 0 aliphatic rings. The van der Waals surface area contributed by atoms with Gasteiger partial charge >= 0.3 is 0 Å². The van der Waals surface area contributed by atoms with Gasteiger partial charge < -0.3 is 4.52 Å². The first-order chi connectivity index (χ1) is 8.84. The van der Waals surface area contributed by atoms with Crippen LogP contribution in [-0.2, 0) is 12.8 Å². The van der Waals surface area contributed by atoms with Gasteiger partial charge in [0.1, 0.15) is 5.76 Å². The van der Waals surface area contributed by atoms with E-state index in [0.717, 1.165) is 24.3 Å². The van der Waals surface area contributed by atoms with Crippen molar-refractivity contribution in [3.8, 4) is 0 Å². The molecule has 1 heterocycles. The molecular formula is C16H23NO. The molecule has 1 aromatic heterocycles. The third-order valence-electron chi connectivity index (χ3n) is 2.67. The van der Waals surface area contributed by atoms with Crippen LogP contribution in [0.4, 0.5) is 0 Å². The monoisotopic (exact) mass is 245 g/mol. The van der Waals surface area contributed by atoms with Crippen LogP contribution in [0.3, 0.4) is 0 Å². The van der Waals surface area contributed by atoms with Crippen LogP contribution in [0.15, 0.2) is 40.9 Å². The van der Waals surface area contributed by atoms with E-state index in [1.54, 1.807) is 0 Å². The molecule has 0 amide bonds. The number of unbranched alkanes of at least 4 members (excludes halogenated alkanes) is 1. The zero-order chi connectivity index (χ0) is 13.2. The summed E-state index contributed by atoms with van der Waals surface area (Å²) in [6.07, 6.45) is 4.54. The van der Waals surface area contributed by atoms with Gasteiger partial charge in [0.05, 0.1) is 5.69 Å². The minimum atomic E-state index is 0.901. The van der Waals surface area contributed by atoms with E-state index in [0.29, 0.717) is 0 Å². The van der Waals surface area contributed by atoms with Gasteiger partial charge in [-0.15, -0.1) is 0 Å². The van der Waals surface area contributed by atoms with E-state index in [9.17, 15) is 0 Å². The van der Waals surface area contributed by atoms with Gasteiger partial charge in [-0.25, -0.2) is 0 Å². The van der Waals surface area contributed by atoms with Crippen molar-refractivity contribution in [2.24, 2.45) is 0 Å². The summed E-state index contributed by atoms with van der Waals surface area (Å²) in [4.78, 5) is 0. The SMILES string of the molecule is CC.Cc1cc(CCCCc2ccccc2)no1. The molecule has 0 fully saturated rings. The molecule has 0 aliphatic heterocycles. The summed E-state index contributed by atoms with van der Waals surface area (Å²) in [6.45, 7) is 5.93. The molecule has 2 nitrogen and oxygen atoms in total. The van der Waals surface area contributed by atoms with Gasteiger partial charge in [0, 0.05) is 6.07 Å². The maximum absolute atomic E-state index is 5.03.